The number of halogens is 1. The van der Waals surface area contributed by atoms with Crippen molar-refractivity contribution in [3.8, 4) is 17.6 Å². The summed E-state index contributed by atoms with van der Waals surface area (Å²) in [6.07, 6.45) is 0. The second-order valence-electron chi connectivity index (χ2n) is 4.00. The third kappa shape index (κ3) is 2.13. The lowest BCUT2D eigenvalue weighted by molar-refractivity contribution is 0.312. The largest absolute Gasteiger partial charge is 0.464 e. The van der Waals surface area contributed by atoms with Crippen LogP contribution in [0.1, 0.15) is 6.92 Å². The molecule has 3 aromatic rings. The molecule has 2 N–H and O–H groups in total. The second-order valence-corrected chi connectivity index (χ2v) is 4.00. The van der Waals surface area contributed by atoms with Crippen LogP contribution in [-0.4, -0.2) is 21.6 Å². The SMILES string of the molecule is CCOc1nc(N)nc(-c2cc3cccc(F)c3o2)n1. The predicted molar refractivity (Wildman–Crippen MR) is 70.6 cm³/mol. The molecule has 0 bridgehead atoms. The average molecular weight is 274 g/mol. The summed E-state index contributed by atoms with van der Waals surface area (Å²) in [7, 11) is 0. The van der Waals surface area contributed by atoms with Gasteiger partial charge in [0.2, 0.25) is 11.8 Å². The molecule has 2 heterocycles. The van der Waals surface area contributed by atoms with Gasteiger partial charge in [-0.25, -0.2) is 4.39 Å². The van der Waals surface area contributed by atoms with Gasteiger partial charge in [-0.3, -0.25) is 0 Å². The molecule has 6 nitrogen and oxygen atoms in total. The first-order valence-electron chi connectivity index (χ1n) is 6.00. The third-order valence-corrected chi connectivity index (χ3v) is 2.62. The molecule has 0 spiro atoms. The lowest BCUT2D eigenvalue weighted by Crippen LogP contribution is -2.04. The van der Waals surface area contributed by atoms with Crippen molar-refractivity contribution in [3.05, 3.63) is 30.1 Å². The van der Waals surface area contributed by atoms with Crippen LogP contribution >= 0.6 is 0 Å². The number of aromatic nitrogens is 3. The Bertz CT molecular complexity index is 772. The number of nitrogens with zero attached hydrogens (tertiary/aromatic N) is 3. The van der Waals surface area contributed by atoms with Crippen LogP contribution in [0, 0.1) is 5.82 Å². The Kier molecular flexibility index (Phi) is 2.94. The highest BCUT2D eigenvalue weighted by Crippen LogP contribution is 2.28. The monoisotopic (exact) mass is 274 g/mol. The van der Waals surface area contributed by atoms with Gasteiger partial charge in [-0.2, -0.15) is 15.0 Å². The van der Waals surface area contributed by atoms with Crippen molar-refractivity contribution in [2.24, 2.45) is 0 Å². The highest BCUT2D eigenvalue weighted by Gasteiger charge is 2.14. The molecule has 0 amide bonds. The lowest BCUT2D eigenvalue weighted by atomic mass is 10.2. The van der Waals surface area contributed by atoms with Gasteiger partial charge < -0.3 is 14.9 Å². The van der Waals surface area contributed by atoms with Crippen LogP contribution in [0.4, 0.5) is 10.3 Å². The molecular formula is C13H11FN4O2. The van der Waals surface area contributed by atoms with Gasteiger partial charge in [-0.15, -0.1) is 0 Å². The molecule has 0 aliphatic rings. The van der Waals surface area contributed by atoms with Crippen LogP contribution in [0.25, 0.3) is 22.6 Å². The van der Waals surface area contributed by atoms with Gasteiger partial charge in [0.1, 0.15) is 0 Å². The summed E-state index contributed by atoms with van der Waals surface area (Å²) >= 11 is 0. The molecule has 2 aromatic heterocycles. The normalized spacial score (nSPS) is 10.9. The van der Waals surface area contributed by atoms with Crippen LogP contribution in [0.2, 0.25) is 0 Å². The Hall–Kier alpha value is -2.70. The van der Waals surface area contributed by atoms with Gasteiger partial charge >= 0.3 is 6.01 Å². The summed E-state index contributed by atoms with van der Waals surface area (Å²) in [5.74, 6) is 0.0805. The molecule has 0 fully saturated rings. The third-order valence-electron chi connectivity index (χ3n) is 2.62. The highest BCUT2D eigenvalue weighted by atomic mass is 19.1. The van der Waals surface area contributed by atoms with E-state index in [-0.39, 0.29) is 23.4 Å². The van der Waals surface area contributed by atoms with Crippen LogP contribution in [0.3, 0.4) is 0 Å². The predicted octanol–water partition coefficient (Wildman–Crippen LogP) is 2.40. The molecule has 1 aromatic carbocycles. The van der Waals surface area contributed by atoms with E-state index in [4.69, 9.17) is 14.9 Å². The number of para-hydroxylation sites is 1. The number of anilines is 1. The fourth-order valence-corrected chi connectivity index (χ4v) is 1.81. The lowest BCUT2D eigenvalue weighted by Gasteiger charge is -2.02. The molecule has 20 heavy (non-hydrogen) atoms. The summed E-state index contributed by atoms with van der Waals surface area (Å²) in [5, 5.41) is 0.622. The van der Waals surface area contributed by atoms with Gasteiger partial charge in [0.25, 0.3) is 0 Å². The maximum Gasteiger partial charge on any atom is 0.321 e. The first kappa shape index (κ1) is 12.3. The first-order valence-corrected chi connectivity index (χ1v) is 6.00. The first-order chi connectivity index (χ1) is 9.67. The summed E-state index contributed by atoms with van der Waals surface area (Å²) in [4.78, 5) is 11.9. The van der Waals surface area contributed by atoms with Crippen molar-refractivity contribution in [2.45, 2.75) is 6.92 Å². The van der Waals surface area contributed by atoms with E-state index >= 15 is 0 Å². The topological polar surface area (TPSA) is 87.1 Å². The number of hydrogen-bond donors (Lipinski definition) is 1. The van der Waals surface area contributed by atoms with Crippen LogP contribution in [-0.2, 0) is 0 Å². The Balaban J connectivity index is 2.12. The molecule has 3 rings (SSSR count). The summed E-state index contributed by atoms with van der Waals surface area (Å²) in [6, 6.07) is 6.41. The van der Waals surface area contributed by atoms with E-state index in [1.165, 1.54) is 6.07 Å². The minimum absolute atomic E-state index is 0.0133. The number of rotatable bonds is 3. The second kappa shape index (κ2) is 4.76. The van der Waals surface area contributed by atoms with Crippen LogP contribution < -0.4 is 10.5 Å². The minimum atomic E-state index is -0.444. The zero-order chi connectivity index (χ0) is 14.1. The van der Waals surface area contributed by atoms with Gasteiger partial charge in [-0.1, -0.05) is 12.1 Å². The number of hydrogen-bond acceptors (Lipinski definition) is 6. The smallest absolute Gasteiger partial charge is 0.321 e. The van der Waals surface area contributed by atoms with Gasteiger partial charge in [0, 0.05) is 5.39 Å². The Morgan fingerprint density at radius 2 is 2.15 bits per heavy atom. The van der Waals surface area contributed by atoms with Crippen LogP contribution in [0.15, 0.2) is 28.7 Å². The van der Waals surface area contributed by atoms with Gasteiger partial charge in [0.05, 0.1) is 6.61 Å². The van der Waals surface area contributed by atoms with Crippen molar-refractivity contribution < 1.29 is 13.5 Å². The number of nitrogens with two attached hydrogens (primary N) is 1. The molecule has 0 aliphatic carbocycles. The molecule has 0 atom stereocenters. The van der Waals surface area contributed by atoms with E-state index in [2.05, 4.69) is 15.0 Å². The number of nitrogen functional groups attached to an aromatic ring is 1. The number of fused-ring (bicyclic) bond motifs is 1. The highest BCUT2D eigenvalue weighted by molar-refractivity contribution is 5.82. The maximum atomic E-state index is 13.6. The number of benzene rings is 1. The fraction of sp³-hybridized carbons (Fsp3) is 0.154. The van der Waals surface area contributed by atoms with E-state index in [1.807, 2.05) is 0 Å². The fourth-order valence-electron chi connectivity index (χ4n) is 1.81. The standard InChI is InChI=1S/C13H11FN4O2/c1-2-19-13-17-11(16-12(15)18-13)9-6-7-4-3-5-8(14)10(7)20-9/h3-6H,2H2,1H3,(H2,15,16,17,18). The quantitative estimate of drug-likeness (QED) is 0.789. The summed E-state index contributed by atoms with van der Waals surface area (Å²) in [5.41, 5.74) is 5.75. The van der Waals surface area contributed by atoms with E-state index in [0.717, 1.165) is 0 Å². The number of furan rings is 1. The number of ether oxygens (including phenoxy) is 1. The van der Waals surface area contributed by atoms with Crippen LogP contribution in [0.5, 0.6) is 6.01 Å². The molecule has 0 saturated heterocycles. The molecule has 0 radical (unpaired) electrons. The van der Waals surface area contributed by atoms with Crippen molar-refractivity contribution in [1.82, 2.24) is 15.0 Å². The molecule has 0 unspecified atom stereocenters. The molecule has 7 heteroatoms. The molecule has 0 saturated carbocycles. The molecule has 0 aliphatic heterocycles. The van der Waals surface area contributed by atoms with E-state index in [0.29, 0.717) is 17.8 Å². The zero-order valence-corrected chi connectivity index (χ0v) is 10.6. The van der Waals surface area contributed by atoms with Crippen molar-refractivity contribution in [3.63, 3.8) is 0 Å². The molecule has 102 valence electrons. The zero-order valence-electron chi connectivity index (χ0n) is 10.6. The molecular weight excluding hydrogens is 263 g/mol. The van der Waals surface area contributed by atoms with Gasteiger partial charge in [0.15, 0.2) is 17.2 Å². The average Bonchev–Trinajstić information content (AvgIpc) is 2.84. The van der Waals surface area contributed by atoms with Crippen molar-refractivity contribution in [2.75, 3.05) is 12.3 Å². The van der Waals surface area contributed by atoms with E-state index in [1.54, 1.807) is 25.1 Å². The van der Waals surface area contributed by atoms with E-state index in [9.17, 15) is 4.39 Å². The van der Waals surface area contributed by atoms with Gasteiger partial charge in [-0.05, 0) is 19.1 Å². The Morgan fingerprint density at radius 1 is 1.30 bits per heavy atom. The van der Waals surface area contributed by atoms with E-state index < -0.39 is 5.82 Å². The van der Waals surface area contributed by atoms with Crippen molar-refractivity contribution in [1.29, 1.82) is 0 Å². The maximum absolute atomic E-state index is 13.6. The summed E-state index contributed by atoms with van der Waals surface area (Å²) in [6.45, 7) is 2.20. The Labute approximate surface area is 113 Å². The Morgan fingerprint density at radius 3 is 2.90 bits per heavy atom. The minimum Gasteiger partial charge on any atom is -0.464 e. The summed E-state index contributed by atoms with van der Waals surface area (Å²) < 4.78 is 24.2. The van der Waals surface area contributed by atoms with Crippen molar-refractivity contribution >= 4 is 16.9 Å².